The van der Waals surface area contributed by atoms with E-state index in [1.54, 1.807) is 0 Å². The molecule has 0 bridgehead atoms. The number of rotatable bonds is 3. The van der Waals surface area contributed by atoms with Crippen LogP contribution in [0.1, 0.15) is 39.5 Å². The fourth-order valence-corrected chi connectivity index (χ4v) is 2.24. The van der Waals surface area contributed by atoms with Gasteiger partial charge in [-0.1, -0.05) is 38.3 Å². The zero-order valence-corrected chi connectivity index (χ0v) is 8.34. The zero-order valence-electron chi connectivity index (χ0n) is 8.34. The Labute approximate surface area is 76.0 Å². The minimum Gasteiger partial charge on any atom is -0.327 e. The van der Waals surface area contributed by atoms with Crippen LogP contribution < -0.4 is 5.73 Å². The summed E-state index contributed by atoms with van der Waals surface area (Å²) in [6, 6.07) is 0. The van der Waals surface area contributed by atoms with Gasteiger partial charge in [0.1, 0.15) is 0 Å². The van der Waals surface area contributed by atoms with E-state index < -0.39 is 0 Å². The van der Waals surface area contributed by atoms with Crippen LogP contribution in [0.3, 0.4) is 0 Å². The highest BCUT2D eigenvalue weighted by atomic mass is 14.5. The maximum Gasteiger partial charge on any atom is 0.0136 e. The fraction of sp³-hybridized carbons (Fsp3) is 0.818. The highest BCUT2D eigenvalue weighted by Gasteiger charge is 2.21. The van der Waals surface area contributed by atoms with Gasteiger partial charge in [0.2, 0.25) is 0 Å². The van der Waals surface area contributed by atoms with Gasteiger partial charge in [0.15, 0.2) is 0 Å². The lowest BCUT2D eigenvalue weighted by atomic mass is 9.77. The van der Waals surface area contributed by atoms with E-state index >= 15 is 0 Å². The number of allylic oxidation sites excluding steroid dienone is 1. The maximum atomic E-state index is 5.64. The maximum absolute atomic E-state index is 5.64. The molecule has 0 radical (unpaired) electrons. The minimum absolute atomic E-state index is 0.771. The molecule has 0 heterocycles. The molecule has 0 saturated carbocycles. The van der Waals surface area contributed by atoms with E-state index in [1.807, 2.05) is 0 Å². The molecule has 12 heavy (non-hydrogen) atoms. The smallest absolute Gasteiger partial charge is 0.0136 e. The molecule has 2 unspecified atom stereocenters. The van der Waals surface area contributed by atoms with Crippen LogP contribution in [-0.2, 0) is 0 Å². The molecule has 0 aliphatic heterocycles. The van der Waals surface area contributed by atoms with Gasteiger partial charge in [-0.25, -0.2) is 0 Å². The molecule has 1 aliphatic carbocycles. The van der Waals surface area contributed by atoms with Crippen molar-refractivity contribution in [2.75, 3.05) is 6.54 Å². The van der Waals surface area contributed by atoms with Crippen LogP contribution in [0.4, 0.5) is 0 Å². The zero-order chi connectivity index (χ0) is 8.97. The Bertz CT molecular complexity index is 160. The summed E-state index contributed by atoms with van der Waals surface area (Å²) in [4.78, 5) is 0. The van der Waals surface area contributed by atoms with Gasteiger partial charge in [0.05, 0.1) is 0 Å². The van der Waals surface area contributed by atoms with Crippen LogP contribution in [0.2, 0.25) is 0 Å². The quantitative estimate of drug-likeness (QED) is 0.643. The van der Waals surface area contributed by atoms with Crippen LogP contribution >= 0.6 is 0 Å². The molecule has 0 aromatic heterocycles. The average Bonchev–Trinajstić information content (AvgIpc) is 2.16. The van der Waals surface area contributed by atoms with Crippen molar-refractivity contribution in [2.45, 2.75) is 39.5 Å². The first-order chi connectivity index (χ1) is 5.81. The molecule has 0 amide bonds. The Morgan fingerprint density at radius 3 is 2.50 bits per heavy atom. The van der Waals surface area contributed by atoms with Gasteiger partial charge in [-0.3, -0.25) is 0 Å². The van der Waals surface area contributed by atoms with Crippen LogP contribution in [0.15, 0.2) is 11.6 Å². The highest BCUT2D eigenvalue weighted by molar-refractivity contribution is 5.09. The number of hydrogen-bond acceptors (Lipinski definition) is 1. The number of nitrogens with two attached hydrogens (primary N) is 1. The first-order valence-corrected chi connectivity index (χ1v) is 5.19. The van der Waals surface area contributed by atoms with Crippen LogP contribution in [0, 0.1) is 11.8 Å². The van der Waals surface area contributed by atoms with Gasteiger partial charge >= 0.3 is 0 Å². The third-order valence-electron chi connectivity index (χ3n) is 3.21. The van der Waals surface area contributed by atoms with Gasteiger partial charge in [0.25, 0.3) is 0 Å². The van der Waals surface area contributed by atoms with Gasteiger partial charge < -0.3 is 5.73 Å². The first kappa shape index (κ1) is 9.79. The van der Waals surface area contributed by atoms with Gasteiger partial charge in [0, 0.05) is 6.54 Å². The van der Waals surface area contributed by atoms with Crippen molar-refractivity contribution in [3.05, 3.63) is 11.6 Å². The summed E-state index contributed by atoms with van der Waals surface area (Å²) in [5, 5.41) is 0. The lowest BCUT2D eigenvalue weighted by molar-refractivity contribution is 0.296. The third kappa shape index (κ3) is 2.10. The summed E-state index contributed by atoms with van der Waals surface area (Å²) in [5.74, 6) is 1.82. The molecule has 2 atom stereocenters. The van der Waals surface area contributed by atoms with Crippen molar-refractivity contribution in [3.63, 3.8) is 0 Å². The Kier molecular flexibility index (Phi) is 3.80. The molecule has 1 rings (SSSR count). The second-order valence-corrected chi connectivity index (χ2v) is 3.84. The first-order valence-electron chi connectivity index (χ1n) is 5.19. The summed E-state index contributed by atoms with van der Waals surface area (Å²) in [6.07, 6.45) is 7.52. The lowest BCUT2D eigenvalue weighted by Crippen LogP contribution is -2.20. The van der Waals surface area contributed by atoms with Crippen LogP contribution in [0.5, 0.6) is 0 Å². The van der Waals surface area contributed by atoms with Crippen molar-refractivity contribution in [3.8, 4) is 0 Å². The van der Waals surface area contributed by atoms with E-state index in [1.165, 1.54) is 31.3 Å². The van der Waals surface area contributed by atoms with Gasteiger partial charge in [-0.2, -0.15) is 0 Å². The van der Waals surface area contributed by atoms with E-state index in [4.69, 9.17) is 5.73 Å². The second kappa shape index (κ2) is 4.66. The summed E-state index contributed by atoms with van der Waals surface area (Å²) in [7, 11) is 0. The van der Waals surface area contributed by atoms with Crippen molar-refractivity contribution >= 4 is 0 Å². The van der Waals surface area contributed by atoms with Crippen molar-refractivity contribution < 1.29 is 0 Å². The molecule has 0 spiro atoms. The highest BCUT2D eigenvalue weighted by Crippen LogP contribution is 2.33. The van der Waals surface area contributed by atoms with Crippen LogP contribution in [-0.4, -0.2) is 6.54 Å². The third-order valence-corrected chi connectivity index (χ3v) is 3.21. The predicted molar refractivity (Wildman–Crippen MR) is 53.9 cm³/mol. The van der Waals surface area contributed by atoms with Crippen LogP contribution in [0.25, 0.3) is 0 Å². The van der Waals surface area contributed by atoms with Gasteiger partial charge in [-0.05, 0) is 24.7 Å². The largest absolute Gasteiger partial charge is 0.327 e. The molecule has 0 aromatic carbocycles. The standard InChI is InChI=1S/C11H21N/c1-3-10-6-5-9(8-12)7-11(10)4-2/h5,10-11H,3-4,6-8,12H2,1-2H3. The molecule has 0 aromatic rings. The lowest BCUT2D eigenvalue weighted by Gasteiger charge is -2.29. The molecular formula is C11H21N. The molecule has 1 aliphatic rings. The van der Waals surface area contributed by atoms with E-state index in [0.29, 0.717) is 0 Å². The minimum atomic E-state index is 0.771. The SMILES string of the molecule is CCC1CC=C(CN)CC1CC. The Balaban J connectivity index is 2.56. The molecule has 1 nitrogen and oxygen atoms in total. The van der Waals surface area contributed by atoms with E-state index in [2.05, 4.69) is 19.9 Å². The van der Waals surface area contributed by atoms with E-state index in [0.717, 1.165) is 18.4 Å². The molecule has 0 saturated heterocycles. The normalized spacial score (nSPS) is 30.1. The summed E-state index contributed by atoms with van der Waals surface area (Å²) >= 11 is 0. The topological polar surface area (TPSA) is 26.0 Å². The summed E-state index contributed by atoms with van der Waals surface area (Å²) < 4.78 is 0. The van der Waals surface area contributed by atoms with Crippen molar-refractivity contribution in [1.29, 1.82) is 0 Å². The van der Waals surface area contributed by atoms with Crippen molar-refractivity contribution in [2.24, 2.45) is 17.6 Å². The van der Waals surface area contributed by atoms with Gasteiger partial charge in [-0.15, -0.1) is 0 Å². The average molecular weight is 167 g/mol. The summed E-state index contributed by atoms with van der Waals surface area (Å²) in [6.45, 7) is 5.37. The molecular weight excluding hydrogens is 146 g/mol. The Morgan fingerprint density at radius 1 is 1.33 bits per heavy atom. The predicted octanol–water partition coefficient (Wildman–Crippen LogP) is 2.72. The molecule has 70 valence electrons. The molecule has 2 N–H and O–H groups in total. The summed E-state index contributed by atoms with van der Waals surface area (Å²) in [5.41, 5.74) is 7.12. The monoisotopic (exact) mass is 167 g/mol. The fourth-order valence-electron chi connectivity index (χ4n) is 2.24. The number of hydrogen-bond donors (Lipinski definition) is 1. The Morgan fingerprint density at radius 2 is 2.00 bits per heavy atom. The van der Waals surface area contributed by atoms with E-state index in [9.17, 15) is 0 Å². The Hall–Kier alpha value is -0.300. The molecule has 1 heteroatoms. The molecule has 0 fully saturated rings. The van der Waals surface area contributed by atoms with E-state index in [-0.39, 0.29) is 0 Å². The second-order valence-electron chi connectivity index (χ2n) is 3.84. The van der Waals surface area contributed by atoms with Crippen molar-refractivity contribution in [1.82, 2.24) is 0 Å².